The van der Waals surface area contributed by atoms with Crippen LogP contribution >= 0.6 is 0 Å². The number of aromatic nitrogens is 2. The molecule has 0 spiro atoms. The molecule has 0 aliphatic rings. The lowest BCUT2D eigenvalue weighted by molar-refractivity contribution is 0.459. The first-order valence-corrected chi connectivity index (χ1v) is 4.62. The molecule has 0 radical (unpaired) electrons. The van der Waals surface area contributed by atoms with E-state index in [1.165, 1.54) is 0 Å². The van der Waals surface area contributed by atoms with E-state index < -0.39 is 0 Å². The van der Waals surface area contributed by atoms with Gasteiger partial charge in [0.1, 0.15) is 5.75 Å². The summed E-state index contributed by atoms with van der Waals surface area (Å²) in [5.41, 5.74) is 6.15. The number of nitrogens with two attached hydrogens (primary N) is 1. The number of hydrogen-bond donors (Lipinski definition) is 1. The number of ether oxygens (including phenoxy) is 1. The van der Waals surface area contributed by atoms with Gasteiger partial charge in [-0.05, 0) is 12.1 Å². The summed E-state index contributed by atoms with van der Waals surface area (Å²) < 4.78 is 5.46. The summed E-state index contributed by atoms with van der Waals surface area (Å²) in [6, 6.07) is 9.45. The number of hydrogen-bond acceptors (Lipinski definition) is 4. The van der Waals surface area contributed by atoms with Crippen molar-refractivity contribution in [3.8, 4) is 11.6 Å². The largest absolute Gasteiger partial charge is 0.438 e. The normalized spacial score (nSPS) is 9.93. The molecule has 0 atom stereocenters. The van der Waals surface area contributed by atoms with Gasteiger partial charge >= 0.3 is 0 Å². The first kappa shape index (κ1) is 9.61. The highest BCUT2D eigenvalue weighted by Crippen LogP contribution is 2.16. The van der Waals surface area contributed by atoms with Crippen molar-refractivity contribution in [3.63, 3.8) is 0 Å². The van der Waals surface area contributed by atoms with Crippen LogP contribution in [0.25, 0.3) is 0 Å². The van der Waals surface area contributed by atoms with Crippen LogP contribution in [-0.2, 0) is 6.54 Å². The van der Waals surface area contributed by atoms with Gasteiger partial charge in [-0.2, -0.15) is 0 Å². The summed E-state index contributed by atoms with van der Waals surface area (Å²) >= 11 is 0. The van der Waals surface area contributed by atoms with E-state index in [0.717, 1.165) is 11.4 Å². The fourth-order valence-corrected chi connectivity index (χ4v) is 1.11. The monoisotopic (exact) mass is 201 g/mol. The lowest BCUT2D eigenvalue weighted by Crippen LogP contribution is -2.00. The molecule has 0 saturated carbocycles. The van der Waals surface area contributed by atoms with Gasteiger partial charge < -0.3 is 10.5 Å². The zero-order valence-electron chi connectivity index (χ0n) is 8.13. The topological polar surface area (TPSA) is 61.0 Å². The molecule has 0 bridgehead atoms. The first-order valence-electron chi connectivity index (χ1n) is 4.62. The maximum absolute atomic E-state index is 5.46. The van der Waals surface area contributed by atoms with Gasteiger partial charge in [-0.1, -0.05) is 18.2 Å². The summed E-state index contributed by atoms with van der Waals surface area (Å²) in [6.45, 7) is 0.388. The zero-order valence-corrected chi connectivity index (χ0v) is 8.13. The van der Waals surface area contributed by atoms with Crippen molar-refractivity contribution < 1.29 is 4.74 Å². The third-order valence-corrected chi connectivity index (χ3v) is 1.86. The Bertz CT molecular complexity index is 414. The van der Waals surface area contributed by atoms with Crippen LogP contribution in [0.2, 0.25) is 0 Å². The minimum atomic E-state index is 0.388. The number of rotatable bonds is 3. The molecule has 1 aromatic heterocycles. The molecule has 1 aromatic carbocycles. The van der Waals surface area contributed by atoms with E-state index >= 15 is 0 Å². The molecular formula is C11H11N3O. The van der Waals surface area contributed by atoms with Crippen LogP contribution in [0.5, 0.6) is 11.6 Å². The van der Waals surface area contributed by atoms with Crippen LogP contribution < -0.4 is 10.5 Å². The molecule has 0 aliphatic heterocycles. The molecule has 1 heterocycles. The Morgan fingerprint density at radius 2 is 1.87 bits per heavy atom. The van der Waals surface area contributed by atoms with E-state index in [2.05, 4.69) is 9.97 Å². The van der Waals surface area contributed by atoms with E-state index in [9.17, 15) is 0 Å². The van der Waals surface area contributed by atoms with Crippen molar-refractivity contribution in [1.29, 1.82) is 0 Å². The van der Waals surface area contributed by atoms with E-state index in [1.807, 2.05) is 30.3 Å². The minimum Gasteiger partial charge on any atom is -0.438 e. The van der Waals surface area contributed by atoms with Gasteiger partial charge in [0.2, 0.25) is 5.88 Å². The van der Waals surface area contributed by atoms with Crippen LogP contribution in [0.4, 0.5) is 0 Å². The van der Waals surface area contributed by atoms with Crippen molar-refractivity contribution in [2.75, 3.05) is 0 Å². The molecule has 4 heteroatoms. The number of nitrogens with zero attached hydrogens (tertiary/aromatic N) is 2. The average Bonchev–Trinajstić information content (AvgIpc) is 2.31. The van der Waals surface area contributed by atoms with Crippen LogP contribution in [0.3, 0.4) is 0 Å². The lowest BCUT2D eigenvalue weighted by atomic mass is 10.3. The smallest absolute Gasteiger partial charge is 0.237 e. The van der Waals surface area contributed by atoms with Gasteiger partial charge in [-0.15, -0.1) is 0 Å². The van der Waals surface area contributed by atoms with Crippen LogP contribution in [0.15, 0.2) is 42.7 Å². The number of para-hydroxylation sites is 1. The highest BCUT2D eigenvalue weighted by atomic mass is 16.5. The molecular weight excluding hydrogens is 190 g/mol. The summed E-state index contributed by atoms with van der Waals surface area (Å²) in [5.74, 6) is 1.21. The summed E-state index contributed by atoms with van der Waals surface area (Å²) in [4.78, 5) is 8.16. The predicted octanol–water partition coefficient (Wildman–Crippen LogP) is 1.73. The highest BCUT2D eigenvalue weighted by molar-refractivity contribution is 5.25. The molecule has 2 N–H and O–H groups in total. The second-order valence-corrected chi connectivity index (χ2v) is 2.97. The Kier molecular flexibility index (Phi) is 2.90. The van der Waals surface area contributed by atoms with Crippen molar-refractivity contribution in [2.45, 2.75) is 6.54 Å². The summed E-state index contributed by atoms with van der Waals surface area (Å²) in [6.07, 6.45) is 3.17. The molecule has 2 rings (SSSR count). The standard InChI is InChI=1S/C11H11N3O/c12-6-9-7-14-11(8-13-9)15-10-4-2-1-3-5-10/h1-5,7-8H,6,12H2. The maximum atomic E-state index is 5.46. The summed E-state index contributed by atoms with van der Waals surface area (Å²) in [7, 11) is 0. The SMILES string of the molecule is NCc1cnc(Oc2ccccc2)cn1. The molecule has 4 nitrogen and oxygen atoms in total. The van der Waals surface area contributed by atoms with E-state index in [4.69, 9.17) is 10.5 Å². The molecule has 0 amide bonds. The lowest BCUT2D eigenvalue weighted by Gasteiger charge is -2.03. The molecule has 0 unspecified atom stereocenters. The molecule has 15 heavy (non-hydrogen) atoms. The Balaban J connectivity index is 2.11. The quantitative estimate of drug-likeness (QED) is 0.821. The third kappa shape index (κ3) is 2.51. The third-order valence-electron chi connectivity index (χ3n) is 1.86. The predicted molar refractivity (Wildman–Crippen MR) is 56.4 cm³/mol. The molecule has 0 aliphatic carbocycles. The van der Waals surface area contributed by atoms with Gasteiger partial charge in [0.05, 0.1) is 18.1 Å². The van der Waals surface area contributed by atoms with Crippen LogP contribution in [0.1, 0.15) is 5.69 Å². The Labute approximate surface area is 87.7 Å². The minimum absolute atomic E-state index is 0.388. The van der Waals surface area contributed by atoms with Crippen molar-refractivity contribution >= 4 is 0 Å². The second kappa shape index (κ2) is 4.52. The molecule has 2 aromatic rings. The molecule has 0 fully saturated rings. The maximum Gasteiger partial charge on any atom is 0.237 e. The average molecular weight is 201 g/mol. The Morgan fingerprint density at radius 3 is 2.47 bits per heavy atom. The van der Waals surface area contributed by atoms with Gasteiger partial charge in [0.25, 0.3) is 0 Å². The van der Waals surface area contributed by atoms with Crippen LogP contribution in [-0.4, -0.2) is 9.97 Å². The second-order valence-electron chi connectivity index (χ2n) is 2.97. The first-order chi connectivity index (χ1) is 7.38. The fraction of sp³-hybridized carbons (Fsp3) is 0.0909. The van der Waals surface area contributed by atoms with Gasteiger partial charge in [0, 0.05) is 6.54 Å². The molecule has 0 saturated heterocycles. The van der Waals surface area contributed by atoms with Gasteiger partial charge in [0.15, 0.2) is 0 Å². The van der Waals surface area contributed by atoms with E-state index in [1.54, 1.807) is 12.4 Å². The van der Waals surface area contributed by atoms with Crippen molar-refractivity contribution in [1.82, 2.24) is 9.97 Å². The zero-order chi connectivity index (χ0) is 10.5. The van der Waals surface area contributed by atoms with Gasteiger partial charge in [-0.3, -0.25) is 4.98 Å². The molecule has 76 valence electrons. The van der Waals surface area contributed by atoms with Crippen molar-refractivity contribution in [2.24, 2.45) is 5.73 Å². The van der Waals surface area contributed by atoms with E-state index in [0.29, 0.717) is 12.4 Å². The highest BCUT2D eigenvalue weighted by Gasteiger charge is 1.98. The van der Waals surface area contributed by atoms with Crippen molar-refractivity contribution in [3.05, 3.63) is 48.4 Å². The van der Waals surface area contributed by atoms with E-state index in [-0.39, 0.29) is 0 Å². The van der Waals surface area contributed by atoms with Gasteiger partial charge in [-0.25, -0.2) is 4.98 Å². The Morgan fingerprint density at radius 1 is 1.07 bits per heavy atom. The fourth-order valence-electron chi connectivity index (χ4n) is 1.11. The number of benzene rings is 1. The summed E-state index contributed by atoms with van der Waals surface area (Å²) in [5, 5.41) is 0. The Hall–Kier alpha value is -1.94. The van der Waals surface area contributed by atoms with Crippen LogP contribution in [0, 0.1) is 0 Å².